The third kappa shape index (κ3) is 4.93. The molecule has 1 heterocycles. The summed E-state index contributed by atoms with van der Waals surface area (Å²) in [4.78, 5) is 13.0. The molecule has 6 nitrogen and oxygen atoms in total. The Balaban J connectivity index is 1.72. The second-order valence-electron chi connectivity index (χ2n) is 8.48. The Labute approximate surface area is 185 Å². The van der Waals surface area contributed by atoms with E-state index in [1.807, 2.05) is 52.0 Å². The molecule has 1 amide bonds. The average molecular weight is 445 g/mol. The van der Waals surface area contributed by atoms with E-state index in [0.717, 1.165) is 22.4 Å². The van der Waals surface area contributed by atoms with E-state index >= 15 is 0 Å². The summed E-state index contributed by atoms with van der Waals surface area (Å²) < 4.78 is 33.5. The van der Waals surface area contributed by atoms with Gasteiger partial charge in [-0.15, -0.1) is 0 Å². The minimum absolute atomic E-state index is 0.0508. The summed E-state index contributed by atoms with van der Waals surface area (Å²) in [6.07, 6.45) is 0.976. The minimum Gasteiger partial charge on any atom is -0.495 e. The predicted molar refractivity (Wildman–Crippen MR) is 123 cm³/mol. The maximum atomic E-state index is 13.3. The predicted octanol–water partition coefficient (Wildman–Crippen LogP) is 4.47. The lowest BCUT2D eigenvalue weighted by molar-refractivity contribution is -0.120. The Morgan fingerprint density at radius 2 is 1.81 bits per heavy atom. The summed E-state index contributed by atoms with van der Waals surface area (Å²) in [5.41, 5.74) is 3.93. The number of methoxy groups -OCH3 is 1. The van der Waals surface area contributed by atoms with Gasteiger partial charge in [0.05, 0.1) is 7.11 Å². The molecule has 1 aliphatic rings. The van der Waals surface area contributed by atoms with Crippen LogP contribution in [0.1, 0.15) is 49.3 Å². The van der Waals surface area contributed by atoms with Crippen molar-refractivity contribution in [3.05, 3.63) is 53.1 Å². The van der Waals surface area contributed by atoms with E-state index in [1.165, 1.54) is 11.4 Å². The van der Waals surface area contributed by atoms with E-state index in [9.17, 15) is 13.2 Å². The molecule has 3 rings (SSSR count). The van der Waals surface area contributed by atoms with E-state index in [1.54, 1.807) is 12.1 Å². The topological polar surface area (TPSA) is 75.7 Å². The second-order valence-corrected chi connectivity index (χ2v) is 10.4. The van der Waals surface area contributed by atoms with E-state index in [0.29, 0.717) is 31.7 Å². The van der Waals surface area contributed by atoms with Gasteiger partial charge in [-0.3, -0.25) is 4.79 Å². The van der Waals surface area contributed by atoms with Gasteiger partial charge in [0, 0.05) is 24.7 Å². The van der Waals surface area contributed by atoms with Crippen LogP contribution in [0.2, 0.25) is 0 Å². The zero-order valence-corrected chi connectivity index (χ0v) is 19.8. The first-order chi connectivity index (χ1) is 14.6. The van der Waals surface area contributed by atoms with Crippen molar-refractivity contribution in [3.8, 4) is 5.75 Å². The summed E-state index contributed by atoms with van der Waals surface area (Å²) in [6.45, 7) is 8.66. The molecule has 2 aromatic rings. The van der Waals surface area contributed by atoms with Crippen molar-refractivity contribution in [1.29, 1.82) is 0 Å². The highest BCUT2D eigenvalue weighted by atomic mass is 32.2. The lowest BCUT2D eigenvalue weighted by Gasteiger charge is -2.31. The lowest BCUT2D eigenvalue weighted by atomic mass is 9.97. The number of sulfonamides is 1. The number of anilines is 1. The van der Waals surface area contributed by atoms with Crippen LogP contribution >= 0.6 is 0 Å². The maximum Gasteiger partial charge on any atom is 0.246 e. The second kappa shape index (κ2) is 9.40. The van der Waals surface area contributed by atoms with Crippen LogP contribution in [0, 0.1) is 19.8 Å². The fourth-order valence-corrected chi connectivity index (χ4v) is 5.53. The van der Waals surface area contributed by atoms with Crippen LogP contribution < -0.4 is 10.1 Å². The molecule has 0 atom stereocenters. The number of hydrogen-bond acceptors (Lipinski definition) is 4. The lowest BCUT2D eigenvalue weighted by Crippen LogP contribution is -2.41. The molecule has 1 saturated heterocycles. The largest absolute Gasteiger partial charge is 0.495 e. The first-order valence-electron chi connectivity index (χ1n) is 10.7. The smallest absolute Gasteiger partial charge is 0.246 e. The van der Waals surface area contributed by atoms with E-state index < -0.39 is 10.0 Å². The molecule has 7 heteroatoms. The SMILES string of the molecule is COc1ccc(C(C)C)cc1S(=O)(=O)N1CCC(C(=O)Nc2cccc(C)c2C)CC1. The van der Waals surface area contributed by atoms with Crippen LogP contribution in [-0.2, 0) is 14.8 Å². The molecule has 0 unspecified atom stereocenters. The van der Waals surface area contributed by atoms with Crippen molar-refractivity contribution in [1.82, 2.24) is 4.31 Å². The summed E-state index contributed by atoms with van der Waals surface area (Å²) in [5.74, 6) is 0.291. The number of amides is 1. The highest BCUT2D eigenvalue weighted by molar-refractivity contribution is 7.89. The van der Waals surface area contributed by atoms with Crippen LogP contribution in [0.25, 0.3) is 0 Å². The molecule has 0 spiro atoms. The van der Waals surface area contributed by atoms with Gasteiger partial charge in [-0.25, -0.2) is 8.42 Å². The number of rotatable bonds is 6. The van der Waals surface area contributed by atoms with Gasteiger partial charge < -0.3 is 10.1 Å². The van der Waals surface area contributed by atoms with Gasteiger partial charge in [-0.2, -0.15) is 4.31 Å². The number of benzene rings is 2. The summed E-state index contributed by atoms with van der Waals surface area (Å²) in [7, 11) is -2.23. The number of nitrogens with zero attached hydrogens (tertiary/aromatic N) is 1. The van der Waals surface area contributed by atoms with E-state index in [-0.39, 0.29) is 22.6 Å². The first kappa shape index (κ1) is 23.3. The third-order valence-electron chi connectivity index (χ3n) is 6.16. The quantitative estimate of drug-likeness (QED) is 0.713. The van der Waals surface area contributed by atoms with Crippen LogP contribution in [-0.4, -0.2) is 38.8 Å². The molecule has 1 N–H and O–H groups in total. The van der Waals surface area contributed by atoms with Crippen LogP contribution in [0.15, 0.2) is 41.3 Å². The average Bonchev–Trinajstić information content (AvgIpc) is 2.76. The van der Waals surface area contributed by atoms with Crippen molar-refractivity contribution < 1.29 is 17.9 Å². The zero-order chi connectivity index (χ0) is 22.8. The Hall–Kier alpha value is -2.38. The van der Waals surface area contributed by atoms with Crippen molar-refractivity contribution >= 4 is 21.6 Å². The van der Waals surface area contributed by atoms with Gasteiger partial charge in [0.1, 0.15) is 10.6 Å². The van der Waals surface area contributed by atoms with Crippen molar-refractivity contribution in [2.45, 2.75) is 51.3 Å². The Bertz CT molecular complexity index is 1060. The molecule has 2 aromatic carbocycles. The third-order valence-corrected chi connectivity index (χ3v) is 8.08. The Morgan fingerprint density at radius 3 is 2.42 bits per heavy atom. The fourth-order valence-electron chi connectivity index (χ4n) is 3.87. The molecular weight excluding hydrogens is 412 g/mol. The van der Waals surface area contributed by atoms with Gasteiger partial charge in [-0.05, 0) is 67.5 Å². The van der Waals surface area contributed by atoms with E-state index in [4.69, 9.17) is 4.74 Å². The molecule has 0 radical (unpaired) electrons. The number of ether oxygens (including phenoxy) is 1. The molecule has 168 valence electrons. The molecule has 1 aliphatic heterocycles. The highest BCUT2D eigenvalue weighted by Crippen LogP contribution is 2.32. The maximum absolute atomic E-state index is 13.3. The van der Waals surface area contributed by atoms with Crippen molar-refractivity contribution in [3.63, 3.8) is 0 Å². The summed E-state index contributed by atoms with van der Waals surface area (Å²) in [5, 5.41) is 3.02. The fraction of sp³-hybridized carbons (Fsp3) is 0.458. The molecule has 0 bridgehead atoms. The van der Waals surface area contributed by atoms with Gasteiger partial charge in [-0.1, -0.05) is 32.0 Å². The molecule has 0 saturated carbocycles. The first-order valence-corrected chi connectivity index (χ1v) is 12.1. The number of aryl methyl sites for hydroxylation is 1. The number of piperidine rings is 1. The number of hydrogen-bond donors (Lipinski definition) is 1. The van der Waals surface area contributed by atoms with Gasteiger partial charge >= 0.3 is 0 Å². The Morgan fingerprint density at radius 1 is 1.13 bits per heavy atom. The van der Waals surface area contributed by atoms with Crippen molar-refractivity contribution in [2.24, 2.45) is 5.92 Å². The molecule has 0 aromatic heterocycles. The zero-order valence-electron chi connectivity index (χ0n) is 18.9. The Kier molecular flexibility index (Phi) is 7.06. The monoisotopic (exact) mass is 444 g/mol. The summed E-state index contributed by atoms with van der Waals surface area (Å²) in [6, 6.07) is 11.1. The minimum atomic E-state index is -3.70. The van der Waals surface area contributed by atoms with Gasteiger partial charge in [0.2, 0.25) is 15.9 Å². The number of carbonyl (C=O) groups is 1. The molecular formula is C24H32N2O4S. The summed E-state index contributed by atoms with van der Waals surface area (Å²) >= 11 is 0. The van der Waals surface area contributed by atoms with E-state index in [2.05, 4.69) is 5.32 Å². The van der Waals surface area contributed by atoms with Crippen LogP contribution in [0.3, 0.4) is 0 Å². The molecule has 0 aliphatic carbocycles. The van der Waals surface area contributed by atoms with Crippen molar-refractivity contribution in [2.75, 3.05) is 25.5 Å². The highest BCUT2D eigenvalue weighted by Gasteiger charge is 2.34. The van der Waals surface area contributed by atoms with Crippen LogP contribution in [0.4, 0.5) is 5.69 Å². The van der Waals surface area contributed by atoms with Gasteiger partial charge in [0.25, 0.3) is 0 Å². The van der Waals surface area contributed by atoms with Crippen LogP contribution in [0.5, 0.6) is 5.75 Å². The normalized spacial score (nSPS) is 15.8. The molecule has 1 fully saturated rings. The van der Waals surface area contributed by atoms with Gasteiger partial charge in [0.15, 0.2) is 0 Å². The standard InChI is InChI=1S/C24H32N2O4S/c1-16(2)20-9-10-22(30-5)23(15-20)31(28,29)26-13-11-19(12-14-26)24(27)25-21-8-6-7-17(3)18(21)4/h6-10,15-16,19H,11-14H2,1-5H3,(H,25,27). The molecule has 31 heavy (non-hydrogen) atoms. The number of carbonyl (C=O) groups excluding carboxylic acids is 1. The number of nitrogens with one attached hydrogen (secondary N) is 1.